The van der Waals surface area contributed by atoms with Crippen LogP contribution in [0.15, 0.2) is 0 Å². The molecule has 0 aromatic carbocycles. The van der Waals surface area contributed by atoms with Crippen LogP contribution in [0.25, 0.3) is 0 Å². The van der Waals surface area contributed by atoms with Crippen molar-refractivity contribution in [3.05, 3.63) is 0 Å². The number of carboxylic acid groups (broad SMARTS) is 1. The van der Waals surface area contributed by atoms with Gasteiger partial charge in [0.05, 0.1) is 6.42 Å². The lowest BCUT2D eigenvalue weighted by Crippen LogP contribution is -2.42. The van der Waals surface area contributed by atoms with Crippen molar-refractivity contribution < 1.29 is 19.4 Å². The quantitative estimate of drug-likeness (QED) is 0.794. The number of nitrogens with zero attached hydrogens (tertiary/aromatic N) is 2. The highest BCUT2D eigenvalue weighted by molar-refractivity contribution is 5.75. The van der Waals surface area contributed by atoms with Gasteiger partial charge >= 0.3 is 12.0 Å². The molecule has 2 amide bonds. The predicted molar refractivity (Wildman–Crippen MR) is 66.5 cm³/mol. The summed E-state index contributed by atoms with van der Waals surface area (Å²) >= 11 is 0. The van der Waals surface area contributed by atoms with Gasteiger partial charge in [-0.3, -0.25) is 4.79 Å². The topological polar surface area (TPSA) is 70.1 Å². The Balaban J connectivity index is 2.32. The lowest BCUT2D eigenvalue weighted by molar-refractivity contribution is -0.137. The number of carbonyl (C=O) groups is 2. The van der Waals surface area contributed by atoms with E-state index in [0.29, 0.717) is 12.5 Å². The summed E-state index contributed by atoms with van der Waals surface area (Å²) in [6.45, 7) is 2.48. The zero-order valence-electron chi connectivity index (χ0n) is 11.1. The number of urea groups is 1. The second kappa shape index (κ2) is 7.20. The minimum atomic E-state index is -0.887. The highest BCUT2D eigenvalue weighted by atomic mass is 16.5. The van der Waals surface area contributed by atoms with Crippen molar-refractivity contribution in [2.24, 2.45) is 5.92 Å². The van der Waals surface area contributed by atoms with Crippen molar-refractivity contribution >= 4 is 12.0 Å². The molecule has 6 nitrogen and oxygen atoms in total. The predicted octanol–water partition coefficient (Wildman–Crippen LogP) is 0.871. The molecule has 0 aliphatic carbocycles. The number of carboxylic acids is 1. The molecular formula is C12H22N2O4. The summed E-state index contributed by atoms with van der Waals surface area (Å²) in [5.41, 5.74) is 0. The SMILES string of the molecule is CN(CCC(=O)O)C(=O)N(C)CC1CCOCC1. The Morgan fingerprint density at radius 3 is 2.39 bits per heavy atom. The first-order valence-corrected chi connectivity index (χ1v) is 6.26. The van der Waals surface area contributed by atoms with Crippen molar-refractivity contribution in [2.75, 3.05) is 40.4 Å². The summed E-state index contributed by atoms with van der Waals surface area (Å²) in [7, 11) is 3.39. The molecule has 1 aliphatic heterocycles. The first-order valence-electron chi connectivity index (χ1n) is 6.26. The van der Waals surface area contributed by atoms with Crippen LogP contribution < -0.4 is 0 Å². The van der Waals surface area contributed by atoms with Crippen molar-refractivity contribution in [1.29, 1.82) is 0 Å². The Hall–Kier alpha value is -1.30. The third kappa shape index (κ3) is 4.91. The Morgan fingerprint density at radius 1 is 1.22 bits per heavy atom. The highest BCUT2D eigenvalue weighted by Crippen LogP contribution is 2.16. The standard InChI is InChI=1S/C12H22N2O4/c1-13(6-3-11(15)16)12(17)14(2)9-10-4-7-18-8-5-10/h10H,3-9H2,1-2H3,(H,15,16). The summed E-state index contributed by atoms with van der Waals surface area (Å²) in [4.78, 5) is 25.5. The molecule has 1 aliphatic rings. The number of carbonyl (C=O) groups excluding carboxylic acids is 1. The number of rotatable bonds is 5. The second-order valence-corrected chi connectivity index (χ2v) is 4.78. The first kappa shape index (κ1) is 14.8. The second-order valence-electron chi connectivity index (χ2n) is 4.78. The van der Waals surface area contributed by atoms with Gasteiger partial charge in [-0.15, -0.1) is 0 Å². The molecule has 0 spiro atoms. The van der Waals surface area contributed by atoms with E-state index in [-0.39, 0.29) is 19.0 Å². The van der Waals surface area contributed by atoms with Crippen molar-refractivity contribution in [3.8, 4) is 0 Å². The van der Waals surface area contributed by atoms with Gasteiger partial charge in [-0.1, -0.05) is 0 Å². The van der Waals surface area contributed by atoms with E-state index in [1.165, 1.54) is 4.90 Å². The maximum Gasteiger partial charge on any atom is 0.319 e. The van der Waals surface area contributed by atoms with Crippen LogP contribution in [0.3, 0.4) is 0 Å². The maximum atomic E-state index is 12.0. The summed E-state index contributed by atoms with van der Waals surface area (Å²) in [6.07, 6.45) is 1.94. The molecule has 0 aromatic rings. The Morgan fingerprint density at radius 2 is 1.83 bits per heavy atom. The van der Waals surface area contributed by atoms with Crippen LogP contribution in [0.4, 0.5) is 4.79 Å². The molecule has 1 rings (SSSR count). The molecule has 0 atom stereocenters. The molecular weight excluding hydrogens is 236 g/mol. The molecule has 1 N–H and O–H groups in total. The van der Waals surface area contributed by atoms with E-state index >= 15 is 0 Å². The van der Waals surface area contributed by atoms with Gasteiger partial charge in [0.1, 0.15) is 0 Å². The fourth-order valence-electron chi connectivity index (χ4n) is 2.04. The Labute approximate surface area is 107 Å². The van der Waals surface area contributed by atoms with Gasteiger partial charge in [0.15, 0.2) is 0 Å². The Kier molecular flexibility index (Phi) is 5.91. The lowest BCUT2D eigenvalue weighted by atomic mass is 10.00. The maximum absolute atomic E-state index is 12.0. The summed E-state index contributed by atoms with van der Waals surface area (Å²) in [5.74, 6) is -0.401. The molecule has 0 bridgehead atoms. The van der Waals surface area contributed by atoms with Crippen LogP contribution in [0, 0.1) is 5.92 Å². The van der Waals surface area contributed by atoms with E-state index in [2.05, 4.69) is 0 Å². The van der Waals surface area contributed by atoms with Gasteiger partial charge in [-0.05, 0) is 18.8 Å². The summed E-state index contributed by atoms with van der Waals surface area (Å²) < 4.78 is 5.27. The zero-order valence-corrected chi connectivity index (χ0v) is 11.1. The molecule has 1 fully saturated rings. The number of hydrogen-bond acceptors (Lipinski definition) is 3. The minimum absolute atomic E-state index is 0.0205. The van der Waals surface area contributed by atoms with Crippen LogP contribution >= 0.6 is 0 Å². The van der Waals surface area contributed by atoms with Crippen LogP contribution in [-0.4, -0.2) is 67.3 Å². The van der Waals surface area contributed by atoms with Gasteiger partial charge in [-0.25, -0.2) is 4.79 Å². The molecule has 18 heavy (non-hydrogen) atoms. The summed E-state index contributed by atoms with van der Waals surface area (Å²) in [5, 5.41) is 8.58. The largest absolute Gasteiger partial charge is 0.481 e. The number of amides is 2. The van der Waals surface area contributed by atoms with Gasteiger partial charge < -0.3 is 19.6 Å². The van der Waals surface area contributed by atoms with Gasteiger partial charge in [0, 0.05) is 40.4 Å². The molecule has 0 aromatic heterocycles. The lowest BCUT2D eigenvalue weighted by Gasteiger charge is -2.30. The van der Waals surface area contributed by atoms with Crippen molar-refractivity contribution in [2.45, 2.75) is 19.3 Å². The molecule has 0 radical (unpaired) electrons. The van der Waals surface area contributed by atoms with Crippen LogP contribution in [0.1, 0.15) is 19.3 Å². The van der Waals surface area contributed by atoms with Gasteiger partial charge in [0.2, 0.25) is 0 Å². The van der Waals surface area contributed by atoms with E-state index < -0.39 is 5.97 Å². The third-order valence-corrected chi connectivity index (χ3v) is 3.19. The monoisotopic (exact) mass is 258 g/mol. The molecule has 0 unspecified atom stereocenters. The highest BCUT2D eigenvalue weighted by Gasteiger charge is 2.20. The van der Waals surface area contributed by atoms with Crippen molar-refractivity contribution in [3.63, 3.8) is 0 Å². The van der Waals surface area contributed by atoms with E-state index in [1.54, 1.807) is 19.0 Å². The van der Waals surface area contributed by atoms with E-state index in [1.807, 2.05) is 0 Å². The third-order valence-electron chi connectivity index (χ3n) is 3.19. The minimum Gasteiger partial charge on any atom is -0.481 e. The average molecular weight is 258 g/mol. The van der Waals surface area contributed by atoms with Crippen LogP contribution in [-0.2, 0) is 9.53 Å². The first-order chi connectivity index (χ1) is 8.50. The number of hydrogen-bond donors (Lipinski definition) is 1. The van der Waals surface area contributed by atoms with E-state index in [9.17, 15) is 9.59 Å². The smallest absolute Gasteiger partial charge is 0.319 e. The zero-order chi connectivity index (χ0) is 13.5. The van der Waals surface area contributed by atoms with Crippen molar-refractivity contribution in [1.82, 2.24) is 9.80 Å². The Bertz CT molecular complexity index is 290. The number of aliphatic carboxylic acids is 1. The number of ether oxygens (including phenoxy) is 1. The molecule has 0 saturated carbocycles. The fraction of sp³-hybridized carbons (Fsp3) is 0.833. The van der Waals surface area contributed by atoms with Gasteiger partial charge in [0.25, 0.3) is 0 Å². The average Bonchev–Trinajstić information content (AvgIpc) is 2.36. The molecule has 104 valence electrons. The van der Waals surface area contributed by atoms with Crippen LogP contribution in [0.5, 0.6) is 0 Å². The van der Waals surface area contributed by atoms with Crippen LogP contribution in [0.2, 0.25) is 0 Å². The normalized spacial score (nSPS) is 16.3. The van der Waals surface area contributed by atoms with Gasteiger partial charge in [-0.2, -0.15) is 0 Å². The molecule has 1 heterocycles. The van der Waals surface area contributed by atoms with E-state index in [0.717, 1.165) is 26.1 Å². The van der Waals surface area contributed by atoms with E-state index in [4.69, 9.17) is 9.84 Å². The molecule has 1 saturated heterocycles. The molecule has 6 heteroatoms. The summed E-state index contributed by atoms with van der Waals surface area (Å²) in [6, 6.07) is -0.122. The fourth-order valence-corrected chi connectivity index (χ4v) is 2.04.